The Kier molecular flexibility index (Phi) is 7.45. The molecule has 2 aromatic rings. The van der Waals surface area contributed by atoms with Crippen molar-refractivity contribution in [1.29, 1.82) is 0 Å². The van der Waals surface area contributed by atoms with Gasteiger partial charge in [-0.25, -0.2) is 0 Å². The Labute approximate surface area is 261 Å². The molecule has 0 heterocycles. The Morgan fingerprint density at radius 3 is 2.22 bits per heavy atom. The number of nitrogens with one attached hydrogen (secondary N) is 1. The molecule has 0 spiro atoms. The molecule has 2 unspecified atom stereocenters. The molecule has 2 aromatic carbocycles. The molecule has 0 aliphatic heterocycles. The van der Waals surface area contributed by atoms with Crippen LogP contribution in [0.5, 0.6) is 5.75 Å². The summed E-state index contributed by atoms with van der Waals surface area (Å²) in [5.41, 5.74) is 2.25. The highest BCUT2D eigenvalue weighted by Gasteiger charge is 2.76. The fourth-order valence-corrected chi connectivity index (χ4v) is 8.04. The van der Waals surface area contributed by atoms with Crippen molar-refractivity contribution >= 4 is 41.1 Å². The van der Waals surface area contributed by atoms with Crippen LogP contribution in [0.4, 0.5) is 5.69 Å². The number of aliphatic imine (C=N–C) groups is 1. The lowest BCUT2D eigenvalue weighted by Crippen LogP contribution is -2.79. The van der Waals surface area contributed by atoms with Crippen molar-refractivity contribution in [2.24, 2.45) is 33.4 Å². The maximum absolute atomic E-state index is 14.4. The number of likely N-dealkylation sites (N-methyl/N-ethyl adjacent to an activating group) is 1. The molecule has 0 aromatic heterocycles. The van der Waals surface area contributed by atoms with E-state index in [9.17, 15) is 34.2 Å². The van der Waals surface area contributed by atoms with Crippen molar-refractivity contribution in [1.82, 2.24) is 4.90 Å². The molecule has 6 atom stereocenters. The number of carbonyl (C=O) groups excluding carboxylic acids is 5. The second kappa shape index (κ2) is 10.4. The number of nitrogens with zero attached hydrogens (tertiary/aromatic N) is 2. The van der Waals surface area contributed by atoms with Gasteiger partial charge in [0.1, 0.15) is 5.75 Å². The van der Waals surface area contributed by atoms with Crippen LogP contribution in [0.15, 0.2) is 41.4 Å². The molecule has 2 saturated carbocycles. The lowest BCUT2D eigenvalue weighted by Gasteiger charge is -2.61. The molecule has 0 bridgehead atoms. The minimum absolute atomic E-state index is 0.0509. The second-order valence-corrected chi connectivity index (χ2v) is 14.4. The number of aliphatic hydroxyl groups is 1. The van der Waals surface area contributed by atoms with Gasteiger partial charge >= 0.3 is 0 Å². The molecule has 238 valence electrons. The van der Waals surface area contributed by atoms with Gasteiger partial charge < -0.3 is 21.3 Å². The van der Waals surface area contributed by atoms with Crippen LogP contribution in [0.25, 0.3) is 11.1 Å². The Balaban J connectivity index is 1.62. The maximum atomic E-state index is 14.4. The number of hydrogen-bond acceptors (Lipinski definition) is 9. The molecule has 5 rings (SSSR count). The number of Topliss-reactive ketones (excluding diaryl/α,β-unsaturated/α-hetero) is 4. The normalized spacial score (nSPS) is 31.5. The van der Waals surface area contributed by atoms with E-state index in [1.54, 1.807) is 33.4 Å². The third-order valence-corrected chi connectivity index (χ3v) is 9.75. The first-order valence-electron chi connectivity index (χ1n) is 14.9. The van der Waals surface area contributed by atoms with Gasteiger partial charge in [0.2, 0.25) is 5.91 Å². The number of nitrogens with two attached hydrogens (primary N) is 1. The van der Waals surface area contributed by atoms with Crippen molar-refractivity contribution in [3.8, 4) is 16.9 Å². The summed E-state index contributed by atoms with van der Waals surface area (Å²) in [5.74, 6) is -9.03. The topological polar surface area (TPSA) is 179 Å². The number of benzene rings is 2. The van der Waals surface area contributed by atoms with Crippen LogP contribution in [-0.2, 0) is 25.6 Å². The Hall–Kier alpha value is -4.22. The van der Waals surface area contributed by atoms with Gasteiger partial charge in [-0.05, 0) is 88.0 Å². The van der Waals surface area contributed by atoms with Crippen molar-refractivity contribution in [3.63, 3.8) is 0 Å². The standard InChI is InChI=1S/C34H40N4O7/c1-31(2,3)37-16-36-18-10-8-17(9-11-18)19-12-13-21(39)22-20(19)14-32(4)15-33(5)27(38(6)7)26(41)23(30(35)44)28(42)34(33,45)29(43)24(32)25(22)40/h8-13,16,23-24,27,39,45H,14-15H2,1-7H3,(H2,35,44)(H,36,37)/t23?,24?,27-,32+,33+,34-/m1/s1. The zero-order valence-corrected chi connectivity index (χ0v) is 26.6. The van der Waals surface area contributed by atoms with E-state index in [1.807, 2.05) is 45.0 Å². The minimum atomic E-state index is -2.83. The van der Waals surface area contributed by atoms with E-state index in [1.165, 1.54) is 17.9 Å². The average molecular weight is 617 g/mol. The Bertz CT molecular complexity index is 1670. The number of anilines is 1. The van der Waals surface area contributed by atoms with E-state index in [4.69, 9.17) is 5.73 Å². The Morgan fingerprint density at radius 2 is 1.67 bits per heavy atom. The first-order chi connectivity index (χ1) is 20.8. The molecular weight excluding hydrogens is 576 g/mol. The summed E-state index contributed by atoms with van der Waals surface area (Å²) in [5, 5.41) is 26.1. The zero-order chi connectivity index (χ0) is 33.4. The highest BCUT2D eigenvalue weighted by molar-refractivity contribution is 6.33. The highest BCUT2D eigenvalue weighted by atomic mass is 16.3. The van der Waals surface area contributed by atoms with Crippen LogP contribution < -0.4 is 11.1 Å². The molecular formula is C34H40N4O7. The molecule has 11 heteroatoms. The van der Waals surface area contributed by atoms with Crippen molar-refractivity contribution in [2.75, 3.05) is 19.4 Å². The fraction of sp³-hybridized carbons (Fsp3) is 0.471. The predicted octanol–water partition coefficient (Wildman–Crippen LogP) is 2.55. The average Bonchev–Trinajstić information content (AvgIpc) is 2.90. The van der Waals surface area contributed by atoms with E-state index in [0.29, 0.717) is 11.1 Å². The van der Waals surface area contributed by atoms with Gasteiger partial charge in [-0.15, -0.1) is 0 Å². The minimum Gasteiger partial charge on any atom is -0.507 e. The van der Waals surface area contributed by atoms with Gasteiger partial charge in [-0.3, -0.25) is 33.9 Å². The van der Waals surface area contributed by atoms with Crippen LogP contribution in [0.1, 0.15) is 57.0 Å². The number of rotatable bonds is 5. The first kappa shape index (κ1) is 32.2. The van der Waals surface area contributed by atoms with Crippen LogP contribution in [0, 0.1) is 22.7 Å². The second-order valence-electron chi connectivity index (χ2n) is 14.4. The van der Waals surface area contributed by atoms with Gasteiger partial charge in [0, 0.05) is 11.1 Å². The van der Waals surface area contributed by atoms with Crippen LogP contribution >= 0.6 is 0 Å². The SMILES string of the molecule is CN(C)[C@@H]1C(=O)C(C(N)=O)C(=O)[C@@]2(O)C(=O)C3C(=O)c4c(O)ccc(-c5ccc(NC=NC(C)(C)C)cc5)c4C[C@@]3(C)C[C@@]12C. The fourth-order valence-electron chi connectivity index (χ4n) is 8.04. The third-order valence-electron chi connectivity index (χ3n) is 9.75. The van der Waals surface area contributed by atoms with Gasteiger partial charge in [-0.1, -0.05) is 32.0 Å². The van der Waals surface area contributed by atoms with Crippen molar-refractivity contribution < 1.29 is 34.2 Å². The first-order valence-corrected chi connectivity index (χ1v) is 14.9. The van der Waals surface area contributed by atoms with E-state index >= 15 is 0 Å². The van der Waals surface area contributed by atoms with Gasteiger partial charge in [0.25, 0.3) is 0 Å². The number of phenolic OH excluding ortho intramolecular Hbond substituents is 1. The van der Waals surface area contributed by atoms with E-state index < -0.39 is 63.3 Å². The zero-order valence-electron chi connectivity index (χ0n) is 26.6. The molecule has 2 fully saturated rings. The monoisotopic (exact) mass is 616 g/mol. The number of ketones is 4. The van der Waals surface area contributed by atoms with Crippen LogP contribution in [-0.4, -0.2) is 81.8 Å². The van der Waals surface area contributed by atoms with Crippen LogP contribution in [0.2, 0.25) is 0 Å². The summed E-state index contributed by atoms with van der Waals surface area (Å²) in [4.78, 5) is 74.1. The molecule has 1 amide bonds. The van der Waals surface area contributed by atoms with E-state index in [-0.39, 0.29) is 29.7 Å². The van der Waals surface area contributed by atoms with Gasteiger partial charge in [-0.2, -0.15) is 0 Å². The number of carbonyl (C=O) groups is 5. The molecule has 11 nitrogen and oxygen atoms in total. The van der Waals surface area contributed by atoms with E-state index in [0.717, 1.165) is 11.3 Å². The molecule has 0 radical (unpaired) electrons. The lowest BCUT2D eigenvalue weighted by molar-refractivity contribution is -0.203. The summed E-state index contributed by atoms with van der Waals surface area (Å²) in [6.07, 6.45) is 1.70. The number of primary amides is 1. The number of fused-ring (bicyclic) bond motifs is 3. The molecule has 3 aliphatic rings. The molecule has 45 heavy (non-hydrogen) atoms. The lowest BCUT2D eigenvalue weighted by atomic mass is 9.42. The van der Waals surface area contributed by atoms with Crippen LogP contribution in [0.3, 0.4) is 0 Å². The molecule has 3 aliphatic carbocycles. The highest BCUT2D eigenvalue weighted by Crippen LogP contribution is 2.62. The number of aromatic hydroxyl groups is 1. The number of hydrogen-bond donors (Lipinski definition) is 4. The summed E-state index contributed by atoms with van der Waals surface area (Å²) < 4.78 is 0. The molecule has 0 saturated heterocycles. The van der Waals surface area contributed by atoms with Crippen molar-refractivity contribution in [2.45, 2.75) is 64.6 Å². The Morgan fingerprint density at radius 1 is 1.04 bits per heavy atom. The summed E-state index contributed by atoms with van der Waals surface area (Å²) in [6, 6.07) is 9.34. The summed E-state index contributed by atoms with van der Waals surface area (Å²) >= 11 is 0. The largest absolute Gasteiger partial charge is 0.507 e. The van der Waals surface area contributed by atoms with E-state index in [2.05, 4.69) is 10.3 Å². The smallest absolute Gasteiger partial charge is 0.235 e. The molecule has 5 N–H and O–H groups in total. The predicted molar refractivity (Wildman–Crippen MR) is 168 cm³/mol. The summed E-state index contributed by atoms with van der Waals surface area (Å²) in [6.45, 7) is 9.17. The number of phenols is 1. The van der Waals surface area contributed by atoms with Gasteiger partial charge in [0.15, 0.2) is 34.7 Å². The maximum Gasteiger partial charge on any atom is 0.235 e. The quantitative estimate of drug-likeness (QED) is 0.223. The summed E-state index contributed by atoms with van der Waals surface area (Å²) in [7, 11) is 3.12. The number of amides is 1. The van der Waals surface area contributed by atoms with Crippen molar-refractivity contribution in [3.05, 3.63) is 47.5 Å². The third kappa shape index (κ3) is 4.71. The van der Waals surface area contributed by atoms with Gasteiger partial charge in [0.05, 0.1) is 29.4 Å².